The first-order valence-electron chi connectivity index (χ1n) is 18.2. The fourth-order valence-corrected chi connectivity index (χ4v) is 7.25. The Balaban J connectivity index is 1.84. The number of amides is 3. The molecule has 21 atom stereocenters. The quantitative estimate of drug-likeness (QED) is 0.0727. The molecular weight excluding hydrogens is 794 g/mol. The van der Waals surface area contributed by atoms with E-state index < -0.39 is 179 Å². The zero-order chi connectivity index (χ0) is 43.4. The monoisotopic (exact) mass is 849 g/mol. The van der Waals surface area contributed by atoms with Crippen molar-refractivity contribution in [3.63, 3.8) is 0 Å². The van der Waals surface area contributed by atoms with Crippen LogP contribution in [-0.4, -0.2) is 246 Å². The van der Waals surface area contributed by atoms with Crippen molar-refractivity contribution >= 4 is 17.7 Å². The van der Waals surface area contributed by atoms with Gasteiger partial charge in [-0.2, -0.15) is 0 Å². The molecule has 0 aromatic carbocycles. The van der Waals surface area contributed by atoms with E-state index in [9.17, 15) is 80.8 Å². The molecule has 336 valence electrons. The van der Waals surface area contributed by atoms with Gasteiger partial charge in [-0.15, -0.1) is 0 Å². The van der Waals surface area contributed by atoms with E-state index >= 15 is 0 Å². The SMILES string of the molecule is CNC(=O)[C@@]1(O[C@@H]2[C@@H](O)[C@H](O[C@H]3[C@H](O)[C@@H](O)[C@H](O)O[C@@H]3CO)O[C@H](CO)[C@@H]2O[C@@H]2O[C@H](CO)[C@H](O)[C@H](O)[C@H]2NC(C)=O)C[C@H](O)[C@@H](NC(C)=O)[C@H]([C@H](O)[C@H](O)CO)O1. The van der Waals surface area contributed by atoms with E-state index in [1.807, 2.05) is 0 Å². The first-order valence-corrected chi connectivity index (χ1v) is 18.2. The second-order valence-electron chi connectivity index (χ2n) is 14.3. The lowest BCUT2D eigenvalue weighted by Gasteiger charge is -2.52. The van der Waals surface area contributed by atoms with Gasteiger partial charge in [0.2, 0.25) is 11.8 Å². The zero-order valence-electron chi connectivity index (χ0n) is 31.5. The maximum absolute atomic E-state index is 13.8. The van der Waals surface area contributed by atoms with Crippen LogP contribution < -0.4 is 16.0 Å². The summed E-state index contributed by atoms with van der Waals surface area (Å²) in [4.78, 5) is 38.1. The predicted octanol–water partition coefficient (Wildman–Crippen LogP) is -10.6. The number of hydrogen-bond acceptors (Lipinski definition) is 23. The summed E-state index contributed by atoms with van der Waals surface area (Å²) in [6.07, 6.45) is -35.8. The molecule has 4 saturated heterocycles. The van der Waals surface area contributed by atoms with Gasteiger partial charge in [0.15, 0.2) is 18.9 Å². The highest BCUT2D eigenvalue weighted by Gasteiger charge is 2.61. The van der Waals surface area contributed by atoms with Crippen LogP contribution in [0.5, 0.6) is 0 Å². The van der Waals surface area contributed by atoms with E-state index in [0.717, 1.165) is 20.9 Å². The summed E-state index contributed by atoms with van der Waals surface area (Å²) in [5, 5.41) is 144. The van der Waals surface area contributed by atoms with Crippen LogP contribution >= 0.6 is 0 Å². The Bertz CT molecular complexity index is 1370. The van der Waals surface area contributed by atoms with E-state index in [0.29, 0.717) is 0 Å². The van der Waals surface area contributed by atoms with Crippen molar-refractivity contribution in [1.82, 2.24) is 16.0 Å². The van der Waals surface area contributed by atoms with Crippen molar-refractivity contribution in [1.29, 1.82) is 0 Å². The third-order valence-electron chi connectivity index (χ3n) is 10.2. The van der Waals surface area contributed by atoms with Crippen LogP contribution in [-0.2, 0) is 47.5 Å². The fraction of sp³-hybridized carbons (Fsp3) is 0.906. The van der Waals surface area contributed by atoms with Crippen molar-refractivity contribution < 1.29 is 114 Å². The highest BCUT2D eigenvalue weighted by molar-refractivity contribution is 5.84. The number of aliphatic hydroxyl groups excluding tert-OH is 13. The average molecular weight is 850 g/mol. The molecule has 4 heterocycles. The van der Waals surface area contributed by atoms with Gasteiger partial charge in [0.05, 0.1) is 38.6 Å². The van der Waals surface area contributed by atoms with Gasteiger partial charge in [0.1, 0.15) is 91.5 Å². The molecule has 58 heavy (non-hydrogen) atoms. The predicted molar refractivity (Wildman–Crippen MR) is 181 cm³/mol. The number of aliphatic hydroxyl groups is 13. The second kappa shape index (κ2) is 20.4. The molecule has 4 aliphatic heterocycles. The van der Waals surface area contributed by atoms with E-state index in [1.54, 1.807) is 0 Å². The number of nitrogens with one attached hydrogen (secondary N) is 3. The van der Waals surface area contributed by atoms with Crippen LogP contribution in [0.2, 0.25) is 0 Å². The Morgan fingerprint density at radius 2 is 1.24 bits per heavy atom. The van der Waals surface area contributed by atoms with Crippen LogP contribution in [0, 0.1) is 0 Å². The minimum Gasteiger partial charge on any atom is -0.394 e. The van der Waals surface area contributed by atoms with E-state index in [2.05, 4.69) is 16.0 Å². The molecule has 0 aromatic rings. The number of ether oxygens (including phenoxy) is 7. The highest BCUT2D eigenvalue weighted by atomic mass is 16.8. The minimum atomic E-state index is -2.88. The summed E-state index contributed by atoms with van der Waals surface area (Å²) < 4.78 is 40.6. The second-order valence-corrected chi connectivity index (χ2v) is 14.3. The van der Waals surface area contributed by atoms with E-state index in [1.165, 1.54) is 0 Å². The molecule has 0 aliphatic carbocycles. The molecule has 0 unspecified atom stereocenters. The maximum atomic E-state index is 13.8. The van der Waals surface area contributed by atoms with Gasteiger partial charge in [-0.3, -0.25) is 14.4 Å². The van der Waals surface area contributed by atoms with Crippen molar-refractivity contribution in [3.8, 4) is 0 Å². The van der Waals surface area contributed by atoms with Gasteiger partial charge >= 0.3 is 0 Å². The van der Waals surface area contributed by atoms with Gasteiger partial charge in [-0.25, -0.2) is 0 Å². The molecule has 0 spiro atoms. The van der Waals surface area contributed by atoms with E-state index in [-0.39, 0.29) is 0 Å². The number of hydrogen-bond donors (Lipinski definition) is 16. The Morgan fingerprint density at radius 1 is 0.690 bits per heavy atom. The average Bonchev–Trinajstić information content (AvgIpc) is 3.19. The van der Waals surface area contributed by atoms with E-state index in [4.69, 9.17) is 33.2 Å². The fourth-order valence-electron chi connectivity index (χ4n) is 7.25. The summed E-state index contributed by atoms with van der Waals surface area (Å²) in [7, 11) is 1.09. The number of carbonyl (C=O) groups excluding carboxylic acids is 3. The van der Waals surface area contributed by atoms with Crippen molar-refractivity contribution in [3.05, 3.63) is 0 Å². The van der Waals surface area contributed by atoms with Gasteiger partial charge in [0, 0.05) is 27.3 Å². The molecule has 4 rings (SSSR count). The zero-order valence-corrected chi connectivity index (χ0v) is 31.5. The summed E-state index contributed by atoms with van der Waals surface area (Å²) >= 11 is 0. The Labute approximate surface area is 329 Å². The van der Waals surface area contributed by atoms with Crippen LogP contribution in [0.15, 0.2) is 0 Å². The summed E-state index contributed by atoms with van der Waals surface area (Å²) in [6.45, 7) is -1.92. The summed E-state index contributed by atoms with van der Waals surface area (Å²) in [5.74, 6) is -5.66. The normalized spacial score (nSPS) is 44.5. The summed E-state index contributed by atoms with van der Waals surface area (Å²) in [6, 6.07) is -3.22. The van der Waals surface area contributed by atoms with Crippen LogP contribution in [0.25, 0.3) is 0 Å². The molecule has 0 saturated carbocycles. The van der Waals surface area contributed by atoms with Crippen LogP contribution in [0.4, 0.5) is 0 Å². The van der Waals surface area contributed by atoms with Crippen molar-refractivity contribution in [2.24, 2.45) is 0 Å². The molecule has 26 heteroatoms. The molecule has 3 amide bonds. The lowest BCUT2D eigenvalue weighted by Crippen LogP contribution is -2.72. The van der Waals surface area contributed by atoms with Gasteiger partial charge < -0.3 is 115 Å². The van der Waals surface area contributed by atoms with Gasteiger partial charge in [-0.1, -0.05) is 0 Å². The molecule has 0 bridgehead atoms. The Hall–Kier alpha value is -2.39. The number of likely N-dealkylation sites (N-methyl/N-ethyl adjacent to an activating group) is 1. The largest absolute Gasteiger partial charge is 0.394 e. The first kappa shape index (κ1) is 48.3. The molecule has 4 aliphatic rings. The minimum absolute atomic E-state index is 0.766. The van der Waals surface area contributed by atoms with Crippen molar-refractivity contribution in [2.75, 3.05) is 33.5 Å². The molecular formula is C32H55N3O23. The Kier molecular flexibility index (Phi) is 17.0. The lowest BCUT2D eigenvalue weighted by atomic mass is 9.87. The lowest BCUT2D eigenvalue weighted by molar-refractivity contribution is -0.398. The third kappa shape index (κ3) is 10.2. The van der Waals surface area contributed by atoms with Gasteiger partial charge in [-0.05, 0) is 0 Å². The number of carbonyl (C=O) groups is 3. The Morgan fingerprint density at radius 3 is 1.79 bits per heavy atom. The topological polar surface area (TPSA) is 415 Å². The van der Waals surface area contributed by atoms with Crippen LogP contribution in [0.3, 0.4) is 0 Å². The third-order valence-corrected chi connectivity index (χ3v) is 10.2. The molecule has 16 N–H and O–H groups in total. The summed E-state index contributed by atoms with van der Waals surface area (Å²) in [5.41, 5.74) is 0. The van der Waals surface area contributed by atoms with Crippen LogP contribution in [0.1, 0.15) is 20.3 Å². The smallest absolute Gasteiger partial charge is 0.280 e. The molecule has 0 aromatic heterocycles. The highest BCUT2D eigenvalue weighted by Crippen LogP contribution is 2.40. The molecule has 26 nitrogen and oxygen atoms in total. The molecule has 0 radical (unpaired) electrons. The molecule has 4 fully saturated rings. The first-order chi connectivity index (χ1) is 27.3. The van der Waals surface area contributed by atoms with Crippen molar-refractivity contribution in [2.45, 2.75) is 149 Å². The maximum Gasteiger partial charge on any atom is 0.280 e. The standard InChI is InChI=1S/C32H55N3O23/c1-9(40)34-16-11(42)4-32(31(51)33-3,57-26(16)18(44)12(43)5-36)58-27-23(49)30(55-24-14(7-38)52-28(50)22(48)21(24)47)54-15(8-39)25(27)56-29-17(35-10(2)41)20(46)19(45)13(6-37)53-29/h11-30,36-39,42-50H,4-8H2,1-3H3,(H,33,51)(H,34,40)(H,35,41)/t11-,12+,13+,14+,15+,16+,17+,18+,19-,20+,21+,22+,23+,24+,25-,26+,27+,28+,29-,30-,32-/m0/s1. The number of rotatable bonds is 15. The van der Waals surface area contributed by atoms with Gasteiger partial charge in [0.25, 0.3) is 11.7 Å².